The van der Waals surface area contributed by atoms with E-state index in [1.54, 1.807) is 34.9 Å². The number of rotatable bonds is 3. The summed E-state index contributed by atoms with van der Waals surface area (Å²) in [6.07, 6.45) is 0. The molecule has 0 aliphatic carbocycles. The van der Waals surface area contributed by atoms with Crippen molar-refractivity contribution in [2.24, 2.45) is 0 Å². The van der Waals surface area contributed by atoms with Gasteiger partial charge >= 0.3 is 0 Å². The summed E-state index contributed by atoms with van der Waals surface area (Å²) in [6, 6.07) is 15.9. The highest BCUT2D eigenvalue weighted by Crippen LogP contribution is 2.16. The molecule has 0 radical (unpaired) electrons. The summed E-state index contributed by atoms with van der Waals surface area (Å²) >= 11 is 5.83. The second-order valence-corrected chi connectivity index (χ2v) is 5.56. The molecule has 2 aromatic carbocycles. The first-order chi connectivity index (χ1) is 11.1. The van der Waals surface area contributed by atoms with E-state index in [-0.39, 0.29) is 11.1 Å². The maximum atomic E-state index is 12.6. The summed E-state index contributed by atoms with van der Waals surface area (Å²) in [5.74, 6) is -0.426. The van der Waals surface area contributed by atoms with Crippen LogP contribution in [-0.4, -0.2) is 10.5 Å². The van der Waals surface area contributed by atoms with Gasteiger partial charge in [0.25, 0.3) is 11.5 Å². The Morgan fingerprint density at radius 3 is 2.52 bits per heavy atom. The Morgan fingerprint density at radius 1 is 1.13 bits per heavy atom. The molecule has 0 aliphatic rings. The molecular weight excluding hydrogens is 312 g/mol. The van der Waals surface area contributed by atoms with Gasteiger partial charge in [0, 0.05) is 17.3 Å². The topological polar surface area (TPSA) is 51.1 Å². The quantitative estimate of drug-likeness (QED) is 0.793. The van der Waals surface area contributed by atoms with Crippen molar-refractivity contribution < 1.29 is 4.79 Å². The van der Waals surface area contributed by atoms with E-state index in [2.05, 4.69) is 5.32 Å². The minimum absolute atomic E-state index is 0.125. The fraction of sp³-hybridized carbons (Fsp3) is 0.111. The minimum Gasteiger partial charge on any atom is -0.322 e. The standard InChI is InChI=1S/C18H15ClN2O2/c1-2-21-16-6-4-3-5-12(16)11-15(18(21)23)17(22)20-14-9-7-13(19)8-10-14/h3-11H,2H2,1H3,(H,20,22). The molecule has 0 saturated heterocycles. The van der Waals surface area contributed by atoms with Gasteiger partial charge in [-0.15, -0.1) is 0 Å². The molecule has 1 aromatic heterocycles. The van der Waals surface area contributed by atoms with E-state index in [1.807, 2.05) is 31.2 Å². The summed E-state index contributed by atoms with van der Waals surface area (Å²) in [6.45, 7) is 2.39. The number of amides is 1. The Balaban J connectivity index is 2.05. The Bertz CT molecular complexity index is 930. The van der Waals surface area contributed by atoms with Crippen LogP contribution in [0.25, 0.3) is 10.9 Å². The summed E-state index contributed by atoms with van der Waals surface area (Å²) < 4.78 is 1.60. The van der Waals surface area contributed by atoms with Gasteiger partial charge < -0.3 is 9.88 Å². The van der Waals surface area contributed by atoms with Crippen molar-refractivity contribution in [2.45, 2.75) is 13.5 Å². The predicted molar refractivity (Wildman–Crippen MR) is 93.3 cm³/mol. The van der Waals surface area contributed by atoms with E-state index in [0.717, 1.165) is 10.9 Å². The molecule has 4 nitrogen and oxygen atoms in total. The Labute approximate surface area is 138 Å². The number of benzene rings is 2. The number of carbonyl (C=O) groups is 1. The Hall–Kier alpha value is -2.59. The number of halogens is 1. The second kappa shape index (κ2) is 6.26. The molecule has 0 bridgehead atoms. The van der Waals surface area contributed by atoms with Crippen LogP contribution in [0.15, 0.2) is 59.4 Å². The van der Waals surface area contributed by atoms with E-state index in [1.165, 1.54) is 0 Å². The molecule has 0 spiro atoms. The summed E-state index contributed by atoms with van der Waals surface area (Å²) in [5, 5.41) is 4.17. The molecule has 0 fully saturated rings. The van der Waals surface area contributed by atoms with Gasteiger partial charge in [0.1, 0.15) is 5.56 Å². The lowest BCUT2D eigenvalue weighted by molar-refractivity contribution is 0.102. The van der Waals surface area contributed by atoms with Crippen LogP contribution in [0.1, 0.15) is 17.3 Å². The maximum absolute atomic E-state index is 12.6. The SMILES string of the molecule is CCn1c(=O)c(C(=O)Nc2ccc(Cl)cc2)cc2ccccc21. The first-order valence-corrected chi connectivity index (χ1v) is 7.67. The largest absolute Gasteiger partial charge is 0.322 e. The molecule has 0 unspecified atom stereocenters. The van der Waals surface area contributed by atoms with Gasteiger partial charge in [-0.25, -0.2) is 0 Å². The third-order valence-electron chi connectivity index (χ3n) is 3.67. The van der Waals surface area contributed by atoms with Gasteiger partial charge in [0.05, 0.1) is 5.52 Å². The summed E-state index contributed by atoms with van der Waals surface area (Å²) in [7, 11) is 0. The predicted octanol–water partition coefficient (Wildman–Crippen LogP) is 3.93. The molecule has 0 atom stereocenters. The molecular formula is C18H15ClN2O2. The van der Waals surface area contributed by atoms with Gasteiger partial charge in [0.15, 0.2) is 0 Å². The van der Waals surface area contributed by atoms with Crippen LogP contribution >= 0.6 is 11.6 Å². The zero-order valence-electron chi connectivity index (χ0n) is 12.5. The highest BCUT2D eigenvalue weighted by molar-refractivity contribution is 6.30. The fourth-order valence-corrected chi connectivity index (χ4v) is 2.66. The number of hydrogen-bond donors (Lipinski definition) is 1. The van der Waals surface area contributed by atoms with Crippen LogP contribution in [-0.2, 0) is 6.54 Å². The molecule has 3 aromatic rings. The van der Waals surface area contributed by atoms with Gasteiger partial charge in [-0.1, -0.05) is 29.8 Å². The minimum atomic E-state index is -0.426. The van der Waals surface area contributed by atoms with Crippen molar-refractivity contribution >= 4 is 34.1 Å². The highest BCUT2D eigenvalue weighted by Gasteiger charge is 2.15. The summed E-state index contributed by atoms with van der Waals surface area (Å²) in [4.78, 5) is 25.1. The average Bonchev–Trinajstić information content (AvgIpc) is 2.56. The van der Waals surface area contributed by atoms with Crippen LogP contribution in [0.5, 0.6) is 0 Å². The molecule has 1 amide bonds. The molecule has 5 heteroatoms. The van der Waals surface area contributed by atoms with Crippen LogP contribution < -0.4 is 10.9 Å². The van der Waals surface area contributed by atoms with Crippen molar-refractivity contribution in [2.75, 3.05) is 5.32 Å². The maximum Gasteiger partial charge on any atom is 0.263 e. The first kappa shape index (κ1) is 15.3. The zero-order valence-corrected chi connectivity index (χ0v) is 13.3. The number of aryl methyl sites for hydroxylation is 1. The number of nitrogens with one attached hydrogen (secondary N) is 1. The Morgan fingerprint density at radius 2 is 1.83 bits per heavy atom. The third kappa shape index (κ3) is 2.98. The molecule has 1 N–H and O–H groups in total. The van der Waals surface area contributed by atoms with E-state index in [9.17, 15) is 9.59 Å². The van der Waals surface area contributed by atoms with Crippen LogP contribution in [0.2, 0.25) is 5.02 Å². The Kier molecular flexibility index (Phi) is 4.17. The lowest BCUT2D eigenvalue weighted by atomic mass is 10.1. The van der Waals surface area contributed by atoms with Gasteiger partial charge in [-0.3, -0.25) is 9.59 Å². The number of hydrogen-bond acceptors (Lipinski definition) is 2. The smallest absolute Gasteiger partial charge is 0.263 e. The lowest BCUT2D eigenvalue weighted by Gasteiger charge is -2.11. The van der Waals surface area contributed by atoms with Crippen molar-refractivity contribution in [1.82, 2.24) is 4.57 Å². The number of fused-ring (bicyclic) bond motifs is 1. The van der Waals surface area contributed by atoms with Crippen LogP contribution in [0.4, 0.5) is 5.69 Å². The fourth-order valence-electron chi connectivity index (χ4n) is 2.54. The number of nitrogens with zero attached hydrogens (tertiary/aromatic N) is 1. The van der Waals surface area contributed by atoms with Crippen molar-refractivity contribution in [1.29, 1.82) is 0 Å². The molecule has 23 heavy (non-hydrogen) atoms. The van der Waals surface area contributed by atoms with Crippen LogP contribution in [0.3, 0.4) is 0 Å². The van der Waals surface area contributed by atoms with Crippen molar-refractivity contribution in [3.05, 3.63) is 75.5 Å². The van der Waals surface area contributed by atoms with Gasteiger partial charge in [-0.05, 0) is 48.7 Å². The number of pyridine rings is 1. The molecule has 116 valence electrons. The number of carbonyl (C=O) groups excluding carboxylic acids is 1. The monoisotopic (exact) mass is 326 g/mol. The highest BCUT2D eigenvalue weighted by atomic mass is 35.5. The van der Waals surface area contributed by atoms with Gasteiger partial charge in [-0.2, -0.15) is 0 Å². The van der Waals surface area contributed by atoms with Crippen molar-refractivity contribution in [3.8, 4) is 0 Å². The number of aromatic nitrogens is 1. The van der Waals surface area contributed by atoms with Gasteiger partial charge in [0.2, 0.25) is 0 Å². The van der Waals surface area contributed by atoms with E-state index < -0.39 is 5.91 Å². The molecule has 0 aliphatic heterocycles. The third-order valence-corrected chi connectivity index (χ3v) is 3.92. The summed E-state index contributed by atoms with van der Waals surface area (Å²) in [5.41, 5.74) is 1.25. The zero-order chi connectivity index (χ0) is 16.4. The molecule has 1 heterocycles. The van der Waals surface area contributed by atoms with E-state index in [4.69, 9.17) is 11.6 Å². The van der Waals surface area contributed by atoms with E-state index >= 15 is 0 Å². The molecule has 0 saturated carbocycles. The normalized spacial score (nSPS) is 10.7. The number of anilines is 1. The van der Waals surface area contributed by atoms with Crippen molar-refractivity contribution in [3.63, 3.8) is 0 Å². The van der Waals surface area contributed by atoms with E-state index in [0.29, 0.717) is 17.3 Å². The van der Waals surface area contributed by atoms with Crippen LogP contribution in [0, 0.1) is 0 Å². The first-order valence-electron chi connectivity index (χ1n) is 7.29. The average molecular weight is 327 g/mol. The molecule has 3 rings (SSSR count). The number of para-hydroxylation sites is 1. The second-order valence-electron chi connectivity index (χ2n) is 5.13. The lowest BCUT2D eigenvalue weighted by Crippen LogP contribution is -2.29.